The first kappa shape index (κ1) is 15.6. The first-order valence-electron chi connectivity index (χ1n) is 6.84. The molecule has 0 bridgehead atoms. The Morgan fingerprint density at radius 2 is 2.14 bits per heavy atom. The van der Waals surface area contributed by atoms with E-state index in [0.29, 0.717) is 30.0 Å². The number of alkyl halides is 1. The van der Waals surface area contributed by atoms with Gasteiger partial charge in [0.2, 0.25) is 0 Å². The zero-order chi connectivity index (χ0) is 15.6. The minimum absolute atomic E-state index is 0.186. The highest BCUT2D eigenvalue weighted by Gasteiger charge is 2.33. The Morgan fingerprint density at radius 1 is 1.43 bits per heavy atom. The molecule has 0 aliphatic carbocycles. The third-order valence-electron chi connectivity index (χ3n) is 3.84. The Morgan fingerprint density at radius 3 is 2.62 bits per heavy atom. The summed E-state index contributed by atoms with van der Waals surface area (Å²) >= 11 is 0. The maximum Gasteiger partial charge on any atom is 0.307 e. The molecule has 3 unspecified atom stereocenters. The summed E-state index contributed by atoms with van der Waals surface area (Å²) in [5, 5.41) is 12.2. The van der Waals surface area contributed by atoms with Gasteiger partial charge in [0.1, 0.15) is 6.17 Å². The highest BCUT2D eigenvalue weighted by Crippen LogP contribution is 2.41. The van der Waals surface area contributed by atoms with Crippen molar-refractivity contribution in [1.82, 2.24) is 5.32 Å². The smallest absolute Gasteiger partial charge is 0.307 e. The minimum Gasteiger partial charge on any atom is -0.493 e. The zero-order valence-electron chi connectivity index (χ0n) is 12.4. The fourth-order valence-electron chi connectivity index (χ4n) is 2.67. The summed E-state index contributed by atoms with van der Waals surface area (Å²) in [5.74, 6) is -0.302. The number of benzene rings is 1. The van der Waals surface area contributed by atoms with Gasteiger partial charge >= 0.3 is 5.97 Å². The molecule has 1 aromatic rings. The van der Waals surface area contributed by atoms with Crippen molar-refractivity contribution in [3.63, 3.8) is 0 Å². The maximum atomic E-state index is 13.6. The van der Waals surface area contributed by atoms with E-state index < -0.39 is 18.1 Å². The van der Waals surface area contributed by atoms with Crippen molar-refractivity contribution in [2.45, 2.75) is 25.6 Å². The van der Waals surface area contributed by atoms with Crippen LogP contribution in [0.25, 0.3) is 0 Å². The standard InChI is InChI=1S/C15H20FNO4/c1-8(16)9-4-11(14(21-3)13(6-9)20-2)12-5-10(7-17-12)15(18)19/h4,6,8,10,12,17H,5,7H2,1-3H3,(H,18,19). The van der Waals surface area contributed by atoms with E-state index in [1.54, 1.807) is 12.1 Å². The molecule has 1 fully saturated rings. The third kappa shape index (κ3) is 3.10. The molecule has 6 heteroatoms. The lowest BCUT2D eigenvalue weighted by atomic mass is 9.96. The number of hydrogen-bond acceptors (Lipinski definition) is 4. The van der Waals surface area contributed by atoms with Crippen molar-refractivity contribution in [3.05, 3.63) is 23.3 Å². The fraction of sp³-hybridized carbons (Fsp3) is 0.533. The number of hydrogen-bond donors (Lipinski definition) is 2. The molecule has 0 amide bonds. The molecule has 0 spiro atoms. The first-order valence-corrected chi connectivity index (χ1v) is 6.84. The van der Waals surface area contributed by atoms with Crippen molar-refractivity contribution in [2.24, 2.45) is 5.92 Å². The lowest BCUT2D eigenvalue weighted by Crippen LogP contribution is -2.17. The van der Waals surface area contributed by atoms with Crippen LogP contribution in [-0.4, -0.2) is 31.8 Å². The molecule has 2 rings (SSSR count). The van der Waals surface area contributed by atoms with Gasteiger partial charge in [0.05, 0.1) is 20.1 Å². The molecule has 2 N–H and O–H groups in total. The third-order valence-corrected chi connectivity index (χ3v) is 3.84. The van der Waals surface area contributed by atoms with Gasteiger partial charge in [-0.2, -0.15) is 0 Å². The van der Waals surface area contributed by atoms with Gasteiger partial charge in [0.25, 0.3) is 0 Å². The van der Waals surface area contributed by atoms with Gasteiger partial charge in [-0.25, -0.2) is 4.39 Å². The second-order valence-corrected chi connectivity index (χ2v) is 5.19. The number of nitrogens with one attached hydrogen (secondary N) is 1. The number of carboxylic acid groups (broad SMARTS) is 1. The molecule has 1 saturated heterocycles. The predicted octanol–water partition coefficient (Wildman–Crippen LogP) is 2.47. The molecule has 1 heterocycles. The van der Waals surface area contributed by atoms with E-state index in [1.807, 2.05) is 0 Å². The van der Waals surface area contributed by atoms with Crippen molar-refractivity contribution in [2.75, 3.05) is 20.8 Å². The molecular weight excluding hydrogens is 277 g/mol. The zero-order valence-corrected chi connectivity index (χ0v) is 12.4. The van der Waals surface area contributed by atoms with Crippen LogP contribution < -0.4 is 14.8 Å². The molecule has 0 saturated carbocycles. The van der Waals surface area contributed by atoms with Crippen LogP contribution in [-0.2, 0) is 4.79 Å². The van der Waals surface area contributed by atoms with E-state index in [9.17, 15) is 9.18 Å². The van der Waals surface area contributed by atoms with E-state index in [1.165, 1.54) is 21.1 Å². The summed E-state index contributed by atoms with van der Waals surface area (Å²) in [4.78, 5) is 11.1. The van der Waals surface area contributed by atoms with Gasteiger partial charge in [0, 0.05) is 18.2 Å². The molecule has 0 aromatic heterocycles. The summed E-state index contributed by atoms with van der Waals surface area (Å²) in [5.41, 5.74) is 1.23. The van der Waals surface area contributed by atoms with Gasteiger partial charge in [-0.05, 0) is 31.0 Å². The van der Waals surface area contributed by atoms with Crippen molar-refractivity contribution in [3.8, 4) is 11.5 Å². The summed E-state index contributed by atoms with van der Waals surface area (Å²) in [6.07, 6.45) is -0.695. The number of rotatable bonds is 5. The first-order chi connectivity index (χ1) is 9.97. The van der Waals surface area contributed by atoms with E-state index in [2.05, 4.69) is 5.32 Å². The van der Waals surface area contributed by atoms with Crippen molar-refractivity contribution < 1.29 is 23.8 Å². The Hall–Kier alpha value is -1.82. The van der Waals surface area contributed by atoms with Gasteiger partial charge in [-0.15, -0.1) is 0 Å². The van der Waals surface area contributed by atoms with Crippen molar-refractivity contribution in [1.29, 1.82) is 0 Å². The summed E-state index contributed by atoms with van der Waals surface area (Å²) in [6.45, 7) is 1.84. The van der Waals surface area contributed by atoms with Crippen LogP contribution in [0.4, 0.5) is 4.39 Å². The van der Waals surface area contributed by atoms with Crippen LogP contribution in [0.1, 0.15) is 36.7 Å². The molecular formula is C15H20FNO4. The molecule has 1 aliphatic heterocycles. The lowest BCUT2D eigenvalue weighted by molar-refractivity contribution is -0.141. The van der Waals surface area contributed by atoms with Crippen LogP contribution in [0.5, 0.6) is 11.5 Å². The normalized spacial score (nSPS) is 22.9. The van der Waals surface area contributed by atoms with Gasteiger partial charge < -0.3 is 19.9 Å². The van der Waals surface area contributed by atoms with Crippen LogP contribution in [0.15, 0.2) is 12.1 Å². The van der Waals surface area contributed by atoms with Crippen LogP contribution in [0.3, 0.4) is 0 Å². The quantitative estimate of drug-likeness (QED) is 0.874. The molecule has 21 heavy (non-hydrogen) atoms. The van der Waals surface area contributed by atoms with E-state index in [4.69, 9.17) is 14.6 Å². The number of carboxylic acids is 1. The van der Waals surface area contributed by atoms with E-state index >= 15 is 0 Å². The molecule has 116 valence electrons. The van der Waals surface area contributed by atoms with Gasteiger partial charge in [-0.1, -0.05) is 0 Å². The molecule has 5 nitrogen and oxygen atoms in total. The maximum absolute atomic E-state index is 13.6. The Kier molecular flexibility index (Phi) is 4.67. The largest absolute Gasteiger partial charge is 0.493 e. The SMILES string of the molecule is COc1cc(C(C)F)cc(C2CC(C(=O)O)CN2)c1OC. The number of ether oxygens (including phenoxy) is 2. The predicted molar refractivity (Wildman–Crippen MR) is 75.6 cm³/mol. The summed E-state index contributed by atoms with van der Waals surface area (Å²) < 4.78 is 24.3. The second-order valence-electron chi connectivity index (χ2n) is 5.19. The monoisotopic (exact) mass is 297 g/mol. The van der Waals surface area contributed by atoms with E-state index in [0.717, 1.165) is 5.56 Å². The number of aliphatic carboxylic acids is 1. The molecule has 3 atom stereocenters. The van der Waals surface area contributed by atoms with Crippen LogP contribution in [0, 0.1) is 5.92 Å². The number of methoxy groups -OCH3 is 2. The molecule has 1 aliphatic rings. The Bertz CT molecular complexity index is 533. The number of carbonyl (C=O) groups is 1. The Balaban J connectivity index is 2.41. The van der Waals surface area contributed by atoms with Crippen LogP contribution in [0.2, 0.25) is 0 Å². The Labute approximate surface area is 123 Å². The highest BCUT2D eigenvalue weighted by molar-refractivity contribution is 5.71. The topological polar surface area (TPSA) is 67.8 Å². The summed E-state index contributed by atoms with van der Waals surface area (Å²) in [6, 6.07) is 3.14. The van der Waals surface area contributed by atoms with Gasteiger partial charge in [0.15, 0.2) is 11.5 Å². The van der Waals surface area contributed by atoms with Crippen LogP contribution >= 0.6 is 0 Å². The highest BCUT2D eigenvalue weighted by atomic mass is 19.1. The van der Waals surface area contributed by atoms with Crippen molar-refractivity contribution >= 4 is 5.97 Å². The number of halogens is 1. The average Bonchev–Trinajstić information content (AvgIpc) is 2.95. The van der Waals surface area contributed by atoms with E-state index in [-0.39, 0.29) is 6.04 Å². The average molecular weight is 297 g/mol. The second kappa shape index (κ2) is 6.30. The lowest BCUT2D eigenvalue weighted by Gasteiger charge is -2.19. The molecule has 0 radical (unpaired) electrons. The summed E-state index contributed by atoms with van der Waals surface area (Å²) in [7, 11) is 3.01. The molecule has 1 aromatic carbocycles. The minimum atomic E-state index is -1.14. The fourth-order valence-corrected chi connectivity index (χ4v) is 2.67. The van der Waals surface area contributed by atoms with Gasteiger partial charge in [-0.3, -0.25) is 4.79 Å².